The lowest BCUT2D eigenvalue weighted by atomic mass is 10.1. The summed E-state index contributed by atoms with van der Waals surface area (Å²) >= 11 is 12.4. The van der Waals surface area contributed by atoms with Gasteiger partial charge in [-0.3, -0.25) is 4.79 Å². The number of fused-ring (bicyclic) bond motifs is 2. The van der Waals surface area contributed by atoms with E-state index in [9.17, 15) is 4.79 Å². The minimum absolute atomic E-state index is 0.171. The number of halogens is 2. The predicted molar refractivity (Wildman–Crippen MR) is 120 cm³/mol. The Bertz CT molecular complexity index is 1240. The molecule has 0 saturated carbocycles. The zero-order valence-electron chi connectivity index (χ0n) is 16.2. The third-order valence-electron chi connectivity index (χ3n) is 5.06. The molecule has 6 heteroatoms. The number of rotatable bonds is 4. The van der Waals surface area contributed by atoms with Gasteiger partial charge in [-0.15, -0.1) is 0 Å². The van der Waals surface area contributed by atoms with Gasteiger partial charge in [0.25, 0.3) is 0 Å². The Morgan fingerprint density at radius 3 is 2.61 bits per heavy atom. The first-order valence-corrected chi connectivity index (χ1v) is 10.4. The number of carbonyl (C=O) groups is 1. The maximum Gasteiger partial charge on any atom is 0.231 e. The first-order chi connectivity index (χ1) is 15.1. The van der Waals surface area contributed by atoms with Crippen molar-refractivity contribution in [1.29, 1.82) is 0 Å². The van der Waals surface area contributed by atoms with E-state index in [0.29, 0.717) is 39.3 Å². The number of ether oxygens (including phenoxy) is 3. The fourth-order valence-corrected chi connectivity index (χ4v) is 3.97. The average molecular weight is 451 g/mol. The minimum Gasteiger partial charge on any atom is -0.489 e. The van der Waals surface area contributed by atoms with Crippen molar-refractivity contribution in [2.45, 2.75) is 6.61 Å². The summed E-state index contributed by atoms with van der Waals surface area (Å²) in [6.45, 7) is 0.581. The second-order valence-corrected chi connectivity index (χ2v) is 7.95. The maximum atomic E-state index is 12.8. The van der Waals surface area contributed by atoms with Crippen molar-refractivity contribution in [2.24, 2.45) is 0 Å². The average Bonchev–Trinajstić information content (AvgIpc) is 3.08. The van der Waals surface area contributed by atoms with Crippen LogP contribution in [0, 0.1) is 0 Å². The minimum atomic E-state index is -0.171. The van der Waals surface area contributed by atoms with Crippen molar-refractivity contribution in [3.8, 4) is 17.2 Å². The SMILES string of the molecule is O=C1C(=CC2=Cc3ccccc3OC2)Oc2cc(OCc3c(Cl)cccc3Cl)ccc21. The van der Waals surface area contributed by atoms with Crippen molar-refractivity contribution < 1.29 is 19.0 Å². The Hall–Kier alpha value is -3.21. The van der Waals surface area contributed by atoms with Crippen LogP contribution >= 0.6 is 23.2 Å². The standard InChI is InChI=1S/C25H16Cl2O4/c26-20-5-3-6-21(27)19(20)14-29-17-8-9-18-23(12-17)31-24(25(18)28)11-15-10-16-4-1-2-7-22(16)30-13-15/h1-12H,13-14H2. The number of carbonyl (C=O) groups excluding carboxylic acids is 1. The fourth-order valence-electron chi connectivity index (χ4n) is 3.47. The van der Waals surface area contributed by atoms with Gasteiger partial charge in [-0.1, -0.05) is 47.5 Å². The second kappa shape index (κ2) is 8.14. The van der Waals surface area contributed by atoms with Crippen molar-refractivity contribution in [1.82, 2.24) is 0 Å². The van der Waals surface area contributed by atoms with Crippen LogP contribution in [0.5, 0.6) is 17.2 Å². The van der Waals surface area contributed by atoms with E-state index in [0.717, 1.165) is 16.9 Å². The Balaban J connectivity index is 1.35. The van der Waals surface area contributed by atoms with Gasteiger partial charge in [0, 0.05) is 27.2 Å². The molecule has 0 aliphatic carbocycles. The summed E-state index contributed by atoms with van der Waals surface area (Å²) in [5.41, 5.74) is 3.03. The smallest absolute Gasteiger partial charge is 0.231 e. The molecule has 5 rings (SSSR count). The van der Waals surface area contributed by atoms with Gasteiger partial charge in [-0.25, -0.2) is 0 Å². The van der Waals surface area contributed by atoms with Crippen LogP contribution in [0.1, 0.15) is 21.5 Å². The third-order valence-corrected chi connectivity index (χ3v) is 5.77. The van der Waals surface area contributed by atoms with E-state index < -0.39 is 0 Å². The first-order valence-electron chi connectivity index (χ1n) is 9.65. The lowest BCUT2D eigenvalue weighted by Crippen LogP contribution is -2.08. The van der Waals surface area contributed by atoms with Crippen LogP contribution < -0.4 is 14.2 Å². The van der Waals surface area contributed by atoms with Gasteiger partial charge >= 0.3 is 0 Å². The molecule has 0 aromatic heterocycles. The zero-order valence-corrected chi connectivity index (χ0v) is 17.7. The molecule has 0 spiro atoms. The van der Waals surface area contributed by atoms with E-state index in [1.807, 2.05) is 30.3 Å². The molecule has 0 saturated heterocycles. The Kier molecular flexibility index (Phi) is 5.18. The maximum absolute atomic E-state index is 12.8. The van der Waals surface area contributed by atoms with E-state index in [1.54, 1.807) is 42.5 Å². The molecular formula is C25H16Cl2O4. The Morgan fingerprint density at radius 2 is 1.77 bits per heavy atom. The van der Waals surface area contributed by atoms with Crippen LogP contribution in [-0.2, 0) is 6.61 Å². The summed E-state index contributed by atoms with van der Waals surface area (Å²) in [5.74, 6) is 1.92. The highest BCUT2D eigenvalue weighted by atomic mass is 35.5. The van der Waals surface area contributed by atoms with E-state index >= 15 is 0 Å². The van der Waals surface area contributed by atoms with Crippen LogP contribution in [-0.4, -0.2) is 12.4 Å². The lowest BCUT2D eigenvalue weighted by Gasteiger charge is -2.15. The number of para-hydroxylation sites is 1. The Morgan fingerprint density at radius 1 is 0.968 bits per heavy atom. The number of ketones is 1. The van der Waals surface area contributed by atoms with Gasteiger partial charge < -0.3 is 14.2 Å². The highest BCUT2D eigenvalue weighted by Gasteiger charge is 2.28. The summed E-state index contributed by atoms with van der Waals surface area (Å²) in [6, 6.07) is 18.2. The molecule has 3 aromatic carbocycles. The van der Waals surface area contributed by atoms with Crippen LogP contribution in [0.4, 0.5) is 0 Å². The number of Topliss-reactive ketones (excluding diaryl/α,β-unsaturated/α-hetero) is 1. The van der Waals surface area contributed by atoms with Gasteiger partial charge in [0.1, 0.15) is 30.5 Å². The topological polar surface area (TPSA) is 44.8 Å². The molecule has 0 amide bonds. The van der Waals surface area contributed by atoms with Crippen molar-refractivity contribution in [2.75, 3.05) is 6.61 Å². The normalized spacial score (nSPS) is 15.6. The summed E-state index contributed by atoms with van der Waals surface area (Å²) in [7, 11) is 0. The van der Waals surface area contributed by atoms with E-state index in [2.05, 4.69) is 0 Å². The molecule has 31 heavy (non-hydrogen) atoms. The van der Waals surface area contributed by atoms with Gasteiger partial charge in [0.15, 0.2) is 5.76 Å². The van der Waals surface area contributed by atoms with Gasteiger partial charge in [0.05, 0.1) is 5.56 Å². The summed E-state index contributed by atoms with van der Waals surface area (Å²) in [4.78, 5) is 12.8. The molecule has 4 nitrogen and oxygen atoms in total. The van der Waals surface area contributed by atoms with E-state index in [4.69, 9.17) is 37.4 Å². The van der Waals surface area contributed by atoms with E-state index in [-0.39, 0.29) is 18.1 Å². The quantitative estimate of drug-likeness (QED) is 0.425. The van der Waals surface area contributed by atoms with E-state index in [1.165, 1.54) is 0 Å². The first kappa shape index (κ1) is 19.7. The molecular weight excluding hydrogens is 435 g/mol. The molecule has 2 aliphatic heterocycles. The number of hydrogen-bond acceptors (Lipinski definition) is 4. The predicted octanol–water partition coefficient (Wildman–Crippen LogP) is 6.51. The number of allylic oxidation sites excluding steroid dienone is 1. The molecule has 0 bridgehead atoms. The van der Waals surface area contributed by atoms with Crippen LogP contribution in [0.25, 0.3) is 6.08 Å². The van der Waals surface area contributed by atoms with Crippen LogP contribution in [0.2, 0.25) is 10.0 Å². The molecule has 2 heterocycles. The van der Waals surface area contributed by atoms with Crippen molar-refractivity contribution >= 4 is 35.1 Å². The molecule has 2 aliphatic rings. The second-order valence-electron chi connectivity index (χ2n) is 7.13. The number of hydrogen-bond donors (Lipinski definition) is 0. The third kappa shape index (κ3) is 3.92. The van der Waals surface area contributed by atoms with Gasteiger partial charge in [-0.05, 0) is 48.1 Å². The van der Waals surface area contributed by atoms with Crippen LogP contribution in [0.15, 0.2) is 78.1 Å². The molecule has 154 valence electrons. The molecule has 0 radical (unpaired) electrons. The summed E-state index contributed by atoms with van der Waals surface area (Å²) in [5, 5.41) is 1.07. The van der Waals surface area contributed by atoms with Gasteiger partial charge in [-0.2, -0.15) is 0 Å². The lowest BCUT2D eigenvalue weighted by molar-refractivity contribution is 0.101. The van der Waals surface area contributed by atoms with Gasteiger partial charge in [0.2, 0.25) is 5.78 Å². The Labute approximate surface area is 189 Å². The highest BCUT2D eigenvalue weighted by Crippen LogP contribution is 2.36. The molecule has 0 fully saturated rings. The fraction of sp³-hybridized carbons (Fsp3) is 0.0800. The number of benzene rings is 3. The highest BCUT2D eigenvalue weighted by molar-refractivity contribution is 6.35. The largest absolute Gasteiger partial charge is 0.489 e. The van der Waals surface area contributed by atoms with Crippen molar-refractivity contribution in [3.63, 3.8) is 0 Å². The van der Waals surface area contributed by atoms with Crippen LogP contribution in [0.3, 0.4) is 0 Å². The molecule has 0 atom stereocenters. The molecule has 0 N–H and O–H groups in total. The monoisotopic (exact) mass is 450 g/mol. The van der Waals surface area contributed by atoms with Crippen molar-refractivity contribution in [3.05, 3.63) is 105 Å². The molecule has 3 aromatic rings. The molecule has 0 unspecified atom stereocenters. The zero-order chi connectivity index (χ0) is 21.4. The summed E-state index contributed by atoms with van der Waals surface area (Å²) in [6.07, 6.45) is 3.72. The summed E-state index contributed by atoms with van der Waals surface area (Å²) < 4.78 is 17.4.